The number of carbonyl (C=O) groups is 1. The van der Waals surface area contributed by atoms with E-state index in [4.69, 9.17) is 0 Å². The molecule has 1 aliphatic rings. The minimum Gasteiger partial charge on any atom is -0.465 e. The predicted molar refractivity (Wildman–Crippen MR) is 59.0 cm³/mol. The molecule has 0 saturated heterocycles. The summed E-state index contributed by atoms with van der Waals surface area (Å²) in [7, 11) is 1.39. The first kappa shape index (κ1) is 9.90. The number of aliphatic imine (C=N–C) groups is 1. The number of rotatable bonds is 1. The maximum Gasteiger partial charge on any atom is 0.337 e. The summed E-state index contributed by atoms with van der Waals surface area (Å²) in [4.78, 5) is 15.7. The van der Waals surface area contributed by atoms with Crippen LogP contribution >= 0.6 is 0 Å². The largest absolute Gasteiger partial charge is 0.465 e. The summed E-state index contributed by atoms with van der Waals surface area (Å²) >= 11 is 0. The third kappa shape index (κ3) is 1.54. The fraction of sp³-hybridized carbons (Fsp3) is 0.333. The van der Waals surface area contributed by atoms with Crippen LogP contribution in [0.25, 0.3) is 0 Å². The van der Waals surface area contributed by atoms with Crippen LogP contribution in [-0.2, 0) is 10.2 Å². The number of hydrogen-bond donors (Lipinski definition) is 0. The lowest BCUT2D eigenvalue weighted by Crippen LogP contribution is -2.15. The summed E-state index contributed by atoms with van der Waals surface area (Å²) in [6.07, 6.45) is 1.90. The highest BCUT2D eigenvalue weighted by Gasteiger charge is 2.27. The quantitative estimate of drug-likeness (QED) is 0.657. The van der Waals surface area contributed by atoms with Crippen molar-refractivity contribution in [2.75, 3.05) is 7.11 Å². The number of ether oxygens (including phenoxy) is 1. The topological polar surface area (TPSA) is 38.7 Å². The lowest BCUT2D eigenvalue weighted by atomic mass is 9.86. The highest BCUT2D eigenvalue weighted by atomic mass is 16.5. The van der Waals surface area contributed by atoms with Gasteiger partial charge in [0.1, 0.15) is 0 Å². The van der Waals surface area contributed by atoms with Crippen LogP contribution in [0.2, 0.25) is 0 Å². The van der Waals surface area contributed by atoms with Crippen molar-refractivity contribution in [3.05, 3.63) is 29.3 Å². The molecule has 0 N–H and O–H groups in total. The van der Waals surface area contributed by atoms with Gasteiger partial charge in [0, 0.05) is 11.6 Å². The van der Waals surface area contributed by atoms with Gasteiger partial charge in [-0.2, -0.15) is 0 Å². The van der Waals surface area contributed by atoms with E-state index in [1.165, 1.54) is 7.11 Å². The van der Waals surface area contributed by atoms with Crippen LogP contribution in [0, 0.1) is 0 Å². The number of esters is 1. The van der Waals surface area contributed by atoms with Gasteiger partial charge in [-0.3, -0.25) is 4.99 Å². The molecule has 0 bridgehead atoms. The maximum atomic E-state index is 11.4. The second kappa shape index (κ2) is 3.19. The van der Waals surface area contributed by atoms with Crippen LogP contribution < -0.4 is 0 Å². The summed E-state index contributed by atoms with van der Waals surface area (Å²) in [5, 5.41) is 0. The van der Waals surface area contributed by atoms with Crippen molar-refractivity contribution in [3.63, 3.8) is 0 Å². The Hall–Kier alpha value is -1.64. The molecule has 15 heavy (non-hydrogen) atoms. The molecule has 1 aliphatic heterocycles. The third-order valence-electron chi connectivity index (χ3n) is 2.64. The molecule has 3 nitrogen and oxygen atoms in total. The SMILES string of the molecule is COC(=O)c1ccc2c(c1)C(C)(C)C=N2. The Morgan fingerprint density at radius 2 is 2.13 bits per heavy atom. The van der Waals surface area contributed by atoms with Crippen LogP contribution in [0.15, 0.2) is 23.2 Å². The highest BCUT2D eigenvalue weighted by molar-refractivity contribution is 5.92. The average molecular weight is 203 g/mol. The van der Waals surface area contributed by atoms with Crippen molar-refractivity contribution in [2.24, 2.45) is 4.99 Å². The van der Waals surface area contributed by atoms with Crippen LogP contribution in [0.1, 0.15) is 29.8 Å². The molecule has 0 radical (unpaired) electrons. The predicted octanol–water partition coefficient (Wildman–Crippen LogP) is 2.47. The Labute approximate surface area is 88.8 Å². The Kier molecular flexibility index (Phi) is 2.11. The van der Waals surface area contributed by atoms with E-state index in [0.717, 1.165) is 11.3 Å². The summed E-state index contributed by atoms with van der Waals surface area (Å²) in [6, 6.07) is 5.45. The Balaban J connectivity index is 2.49. The Morgan fingerprint density at radius 3 is 2.80 bits per heavy atom. The van der Waals surface area contributed by atoms with Gasteiger partial charge in [-0.15, -0.1) is 0 Å². The van der Waals surface area contributed by atoms with Gasteiger partial charge in [0.15, 0.2) is 0 Å². The van der Waals surface area contributed by atoms with Gasteiger partial charge in [-0.1, -0.05) is 13.8 Å². The molecule has 0 spiro atoms. The van der Waals surface area contributed by atoms with Crippen LogP contribution in [0.5, 0.6) is 0 Å². The van der Waals surface area contributed by atoms with E-state index >= 15 is 0 Å². The van der Waals surface area contributed by atoms with Crippen LogP contribution in [0.3, 0.4) is 0 Å². The van der Waals surface area contributed by atoms with Gasteiger partial charge in [0.05, 0.1) is 18.4 Å². The van der Waals surface area contributed by atoms with Crippen molar-refractivity contribution >= 4 is 17.9 Å². The average Bonchev–Trinajstić information content (AvgIpc) is 2.53. The summed E-state index contributed by atoms with van der Waals surface area (Å²) < 4.78 is 4.68. The van der Waals surface area contributed by atoms with E-state index in [0.29, 0.717) is 5.56 Å². The van der Waals surface area contributed by atoms with Crippen molar-refractivity contribution in [1.82, 2.24) is 0 Å². The second-order valence-corrected chi connectivity index (χ2v) is 4.20. The van der Waals surface area contributed by atoms with Crippen molar-refractivity contribution in [2.45, 2.75) is 19.3 Å². The Morgan fingerprint density at radius 1 is 1.40 bits per heavy atom. The van der Waals surface area contributed by atoms with Gasteiger partial charge in [0.2, 0.25) is 0 Å². The number of benzene rings is 1. The molecule has 78 valence electrons. The molecular formula is C12H13NO2. The molecule has 3 heteroatoms. The molecule has 0 unspecified atom stereocenters. The zero-order valence-electron chi connectivity index (χ0n) is 9.07. The van der Waals surface area contributed by atoms with Crippen molar-refractivity contribution in [3.8, 4) is 0 Å². The lowest BCUT2D eigenvalue weighted by Gasteiger charge is -2.15. The lowest BCUT2D eigenvalue weighted by molar-refractivity contribution is 0.0600. The fourth-order valence-electron chi connectivity index (χ4n) is 1.71. The minimum absolute atomic E-state index is 0.0979. The van der Waals surface area contributed by atoms with Gasteiger partial charge in [-0.05, 0) is 23.8 Å². The van der Waals surface area contributed by atoms with E-state index in [1.54, 1.807) is 6.07 Å². The standard InChI is InChI=1S/C12H13NO2/c1-12(2)7-13-10-5-4-8(6-9(10)12)11(14)15-3/h4-7H,1-3H3. The first-order chi connectivity index (χ1) is 7.04. The van der Waals surface area contributed by atoms with Crippen molar-refractivity contribution in [1.29, 1.82) is 0 Å². The van der Waals surface area contributed by atoms with E-state index in [1.807, 2.05) is 18.3 Å². The molecule has 0 atom stereocenters. The number of carbonyl (C=O) groups excluding carboxylic acids is 1. The van der Waals surface area contributed by atoms with E-state index in [-0.39, 0.29) is 11.4 Å². The van der Waals surface area contributed by atoms with Gasteiger partial charge in [-0.25, -0.2) is 4.79 Å². The molecule has 0 aromatic heterocycles. The number of methoxy groups -OCH3 is 1. The van der Waals surface area contributed by atoms with E-state index < -0.39 is 0 Å². The summed E-state index contributed by atoms with van der Waals surface area (Å²) in [5.41, 5.74) is 2.49. The van der Waals surface area contributed by atoms with Gasteiger partial charge >= 0.3 is 5.97 Å². The minimum atomic E-state index is -0.305. The molecule has 2 rings (SSSR count). The Bertz CT molecular complexity index is 447. The van der Waals surface area contributed by atoms with Gasteiger partial charge < -0.3 is 4.74 Å². The molecule has 0 amide bonds. The van der Waals surface area contributed by atoms with E-state index in [2.05, 4.69) is 23.6 Å². The first-order valence-electron chi connectivity index (χ1n) is 4.83. The van der Waals surface area contributed by atoms with Crippen LogP contribution in [-0.4, -0.2) is 19.3 Å². The molecule has 1 aromatic rings. The van der Waals surface area contributed by atoms with E-state index in [9.17, 15) is 4.79 Å². The number of fused-ring (bicyclic) bond motifs is 1. The van der Waals surface area contributed by atoms with Gasteiger partial charge in [0.25, 0.3) is 0 Å². The second-order valence-electron chi connectivity index (χ2n) is 4.20. The number of hydrogen-bond acceptors (Lipinski definition) is 3. The molecule has 1 heterocycles. The molecule has 0 fully saturated rings. The molecule has 0 aliphatic carbocycles. The smallest absolute Gasteiger partial charge is 0.337 e. The first-order valence-corrected chi connectivity index (χ1v) is 4.83. The highest BCUT2D eigenvalue weighted by Crippen LogP contribution is 2.36. The monoisotopic (exact) mass is 203 g/mol. The summed E-state index contributed by atoms with van der Waals surface area (Å²) in [5.74, 6) is -0.305. The zero-order chi connectivity index (χ0) is 11.1. The fourth-order valence-corrected chi connectivity index (χ4v) is 1.71. The third-order valence-corrected chi connectivity index (χ3v) is 2.64. The molecular weight excluding hydrogens is 190 g/mol. The normalized spacial score (nSPS) is 16.2. The summed E-state index contributed by atoms with van der Waals surface area (Å²) in [6.45, 7) is 4.15. The molecule has 1 aromatic carbocycles. The maximum absolute atomic E-state index is 11.4. The van der Waals surface area contributed by atoms with Crippen molar-refractivity contribution < 1.29 is 9.53 Å². The number of nitrogens with zero attached hydrogens (tertiary/aromatic N) is 1. The molecule has 0 saturated carbocycles. The zero-order valence-corrected chi connectivity index (χ0v) is 9.07. The van der Waals surface area contributed by atoms with Crippen LogP contribution in [0.4, 0.5) is 5.69 Å².